The quantitative estimate of drug-likeness (QED) is 0.607. The maximum absolute atomic E-state index is 11.9. The van der Waals surface area contributed by atoms with Crippen LogP contribution in [-0.4, -0.2) is 28.4 Å². The lowest BCUT2D eigenvalue weighted by Gasteiger charge is -2.35. The third-order valence-electron chi connectivity index (χ3n) is 5.53. The highest BCUT2D eigenvalue weighted by molar-refractivity contribution is 7.87. The minimum absolute atomic E-state index is 0.106. The van der Waals surface area contributed by atoms with Crippen molar-refractivity contribution >= 4 is 10.1 Å². The van der Waals surface area contributed by atoms with Crippen LogP contribution in [0, 0.1) is 17.8 Å². The molecule has 0 aromatic carbocycles. The molecule has 20 heavy (non-hydrogen) atoms. The first kappa shape index (κ1) is 16.0. The van der Waals surface area contributed by atoms with Crippen molar-refractivity contribution < 1.29 is 18.1 Å². The fourth-order valence-corrected chi connectivity index (χ4v) is 4.84. The van der Waals surface area contributed by atoms with Crippen LogP contribution in [0.5, 0.6) is 0 Å². The highest BCUT2D eigenvalue weighted by Gasteiger charge is 2.57. The second kappa shape index (κ2) is 4.82. The smallest absolute Gasteiger partial charge is 0.270 e. The molecule has 0 saturated heterocycles. The average molecular weight is 302 g/mol. The van der Waals surface area contributed by atoms with Crippen LogP contribution in [0.25, 0.3) is 0 Å². The van der Waals surface area contributed by atoms with Gasteiger partial charge in [-0.05, 0) is 51.4 Å². The number of aliphatic hydroxyl groups is 1. The van der Waals surface area contributed by atoms with Crippen molar-refractivity contribution in [2.24, 2.45) is 17.8 Å². The Morgan fingerprint density at radius 2 is 1.90 bits per heavy atom. The minimum Gasteiger partial charge on any atom is -0.390 e. The topological polar surface area (TPSA) is 74.6 Å². The van der Waals surface area contributed by atoms with E-state index in [9.17, 15) is 18.1 Å². The van der Waals surface area contributed by atoms with Gasteiger partial charge in [0.05, 0.1) is 5.60 Å². The molecule has 0 aliphatic heterocycles. The van der Waals surface area contributed by atoms with Crippen molar-refractivity contribution in [2.75, 3.05) is 0 Å². The van der Waals surface area contributed by atoms with Gasteiger partial charge in [-0.25, -0.2) is 0 Å². The molecule has 0 bridgehead atoms. The molecular weight excluding hydrogens is 276 g/mol. The van der Waals surface area contributed by atoms with Crippen molar-refractivity contribution in [2.45, 2.75) is 63.7 Å². The molecule has 0 aromatic rings. The van der Waals surface area contributed by atoms with E-state index in [2.05, 4.69) is 13.8 Å². The summed E-state index contributed by atoms with van der Waals surface area (Å²) in [5.74, 6) is -0.0890. The summed E-state index contributed by atoms with van der Waals surface area (Å²) >= 11 is 0. The largest absolute Gasteiger partial charge is 0.390 e. The van der Waals surface area contributed by atoms with E-state index in [1.165, 1.54) is 5.57 Å². The molecule has 0 heterocycles. The van der Waals surface area contributed by atoms with Crippen LogP contribution in [0.1, 0.15) is 53.4 Å². The standard InChI is InChI=1S/C15H26O4S/c1-10(2)11-5-7-14(3,16)12-6-8-15(4,13(12)9-11)20(17,18)19/h9-10,12-13,16H,5-8H2,1-4H3,(H,17,18,19)/t12-,13+,14+,15-/m1/s1. The normalized spacial score (nSPS) is 42.2. The molecule has 116 valence electrons. The molecule has 0 unspecified atom stereocenters. The summed E-state index contributed by atoms with van der Waals surface area (Å²) in [7, 11) is -4.14. The highest BCUT2D eigenvalue weighted by atomic mass is 32.2. The van der Waals surface area contributed by atoms with Crippen LogP contribution in [0.15, 0.2) is 11.6 Å². The zero-order valence-corrected chi connectivity index (χ0v) is 13.6. The number of allylic oxidation sites excluding steroid dienone is 2. The van der Waals surface area contributed by atoms with Gasteiger partial charge in [0.25, 0.3) is 10.1 Å². The van der Waals surface area contributed by atoms with Gasteiger partial charge < -0.3 is 5.11 Å². The van der Waals surface area contributed by atoms with Gasteiger partial charge in [-0.1, -0.05) is 25.5 Å². The third kappa shape index (κ3) is 2.44. The predicted molar refractivity (Wildman–Crippen MR) is 78.9 cm³/mol. The summed E-state index contributed by atoms with van der Waals surface area (Å²) in [6, 6.07) is 0. The molecule has 0 spiro atoms. The van der Waals surface area contributed by atoms with Crippen molar-refractivity contribution in [3.8, 4) is 0 Å². The van der Waals surface area contributed by atoms with E-state index in [0.717, 1.165) is 6.42 Å². The Morgan fingerprint density at radius 1 is 1.30 bits per heavy atom. The molecule has 2 rings (SSSR count). The van der Waals surface area contributed by atoms with E-state index in [4.69, 9.17) is 0 Å². The zero-order chi connectivity index (χ0) is 15.3. The molecule has 0 aromatic heterocycles. The van der Waals surface area contributed by atoms with Gasteiger partial charge in [0, 0.05) is 5.92 Å². The molecule has 0 radical (unpaired) electrons. The van der Waals surface area contributed by atoms with Gasteiger partial charge in [-0.15, -0.1) is 0 Å². The molecule has 2 aliphatic rings. The molecule has 4 atom stereocenters. The lowest BCUT2D eigenvalue weighted by Crippen LogP contribution is -2.44. The first-order valence-electron chi connectivity index (χ1n) is 7.39. The molecule has 0 amide bonds. The molecule has 2 N–H and O–H groups in total. The van der Waals surface area contributed by atoms with Crippen LogP contribution >= 0.6 is 0 Å². The van der Waals surface area contributed by atoms with Gasteiger partial charge in [0.15, 0.2) is 0 Å². The number of hydrogen-bond donors (Lipinski definition) is 2. The summed E-state index contributed by atoms with van der Waals surface area (Å²) in [6.07, 6.45) is 4.51. The van der Waals surface area contributed by atoms with Gasteiger partial charge in [-0.2, -0.15) is 8.42 Å². The average Bonchev–Trinajstić information content (AvgIpc) is 2.55. The monoisotopic (exact) mass is 302 g/mol. The Bertz CT molecular complexity index is 518. The SMILES string of the molecule is CC(C)C1=C[C@H]2[C@@H](CC[C@@]2(C)S(=O)(=O)O)[C@@](C)(O)CC1. The minimum atomic E-state index is -4.14. The molecule has 5 heteroatoms. The predicted octanol–water partition coefficient (Wildman–Crippen LogP) is 2.79. The Morgan fingerprint density at radius 3 is 2.40 bits per heavy atom. The first-order chi connectivity index (χ1) is 8.99. The van der Waals surface area contributed by atoms with E-state index in [-0.39, 0.29) is 11.8 Å². The fourth-order valence-electron chi connectivity index (χ4n) is 3.88. The Labute approximate surface area is 122 Å². The third-order valence-corrected chi connectivity index (χ3v) is 7.19. The van der Waals surface area contributed by atoms with Crippen LogP contribution in [-0.2, 0) is 10.1 Å². The summed E-state index contributed by atoms with van der Waals surface area (Å²) in [5.41, 5.74) is 0.315. The Balaban J connectivity index is 2.53. The maximum atomic E-state index is 11.9. The van der Waals surface area contributed by atoms with E-state index in [1.807, 2.05) is 6.08 Å². The van der Waals surface area contributed by atoms with Crippen LogP contribution in [0.3, 0.4) is 0 Å². The zero-order valence-electron chi connectivity index (χ0n) is 12.8. The molecule has 1 saturated carbocycles. The molecule has 2 aliphatic carbocycles. The van der Waals surface area contributed by atoms with Crippen molar-refractivity contribution in [3.63, 3.8) is 0 Å². The van der Waals surface area contributed by atoms with Crippen LogP contribution < -0.4 is 0 Å². The molecule has 4 nitrogen and oxygen atoms in total. The van der Waals surface area contributed by atoms with Crippen molar-refractivity contribution in [3.05, 3.63) is 11.6 Å². The van der Waals surface area contributed by atoms with E-state index in [0.29, 0.717) is 25.2 Å². The van der Waals surface area contributed by atoms with E-state index >= 15 is 0 Å². The summed E-state index contributed by atoms with van der Waals surface area (Å²) in [4.78, 5) is 0. The Kier molecular flexibility index (Phi) is 3.85. The summed E-state index contributed by atoms with van der Waals surface area (Å²) in [5, 5.41) is 10.7. The van der Waals surface area contributed by atoms with Gasteiger partial charge >= 0.3 is 0 Å². The van der Waals surface area contributed by atoms with Crippen molar-refractivity contribution in [1.29, 1.82) is 0 Å². The van der Waals surface area contributed by atoms with Gasteiger partial charge in [0.1, 0.15) is 4.75 Å². The summed E-state index contributed by atoms with van der Waals surface area (Å²) in [6.45, 7) is 7.58. The number of hydrogen-bond acceptors (Lipinski definition) is 3. The van der Waals surface area contributed by atoms with E-state index < -0.39 is 20.5 Å². The van der Waals surface area contributed by atoms with Gasteiger partial charge in [-0.3, -0.25) is 4.55 Å². The highest BCUT2D eigenvalue weighted by Crippen LogP contribution is 2.53. The molecule has 1 fully saturated rings. The fraction of sp³-hybridized carbons (Fsp3) is 0.867. The van der Waals surface area contributed by atoms with Gasteiger partial charge in [0.2, 0.25) is 0 Å². The maximum Gasteiger partial charge on any atom is 0.270 e. The second-order valence-electron chi connectivity index (χ2n) is 7.21. The van der Waals surface area contributed by atoms with E-state index in [1.54, 1.807) is 13.8 Å². The number of rotatable bonds is 2. The Hall–Kier alpha value is -0.390. The van der Waals surface area contributed by atoms with Crippen LogP contribution in [0.4, 0.5) is 0 Å². The second-order valence-corrected chi connectivity index (χ2v) is 9.09. The van der Waals surface area contributed by atoms with Crippen LogP contribution in [0.2, 0.25) is 0 Å². The first-order valence-corrected chi connectivity index (χ1v) is 8.83. The molecular formula is C15H26O4S. The van der Waals surface area contributed by atoms with Crippen molar-refractivity contribution in [1.82, 2.24) is 0 Å². The lowest BCUT2D eigenvalue weighted by molar-refractivity contribution is -0.0161. The summed E-state index contributed by atoms with van der Waals surface area (Å²) < 4.78 is 32.2. The lowest BCUT2D eigenvalue weighted by atomic mass is 9.78. The number of fused-ring (bicyclic) bond motifs is 1.